The molecule has 0 heterocycles. The largest absolute Gasteiger partial charge is 0.350 e. The van der Waals surface area contributed by atoms with Crippen molar-refractivity contribution in [2.24, 2.45) is 11.8 Å². The van der Waals surface area contributed by atoms with Gasteiger partial charge in [0, 0.05) is 6.04 Å². The van der Waals surface area contributed by atoms with E-state index in [9.17, 15) is 4.79 Å². The molecule has 0 unspecified atom stereocenters. The summed E-state index contributed by atoms with van der Waals surface area (Å²) in [6.45, 7) is 6.27. The van der Waals surface area contributed by atoms with Gasteiger partial charge in [0.25, 0.3) is 0 Å². The van der Waals surface area contributed by atoms with Crippen molar-refractivity contribution in [1.82, 2.24) is 5.32 Å². The number of hydrogen-bond acceptors (Lipinski definition) is 1. The summed E-state index contributed by atoms with van der Waals surface area (Å²) in [6, 6.07) is 0.439. The van der Waals surface area contributed by atoms with Crippen molar-refractivity contribution in [3.05, 3.63) is 12.2 Å². The second-order valence-corrected chi connectivity index (χ2v) is 3.93. The zero-order valence-electron chi connectivity index (χ0n) is 8.00. The zero-order chi connectivity index (χ0) is 9.14. The minimum Gasteiger partial charge on any atom is -0.350 e. The molecule has 0 aliphatic heterocycles. The van der Waals surface area contributed by atoms with E-state index in [0.717, 1.165) is 6.42 Å². The number of carbonyl (C=O) groups is 1. The molecule has 0 spiro atoms. The first-order valence-corrected chi connectivity index (χ1v) is 4.58. The topological polar surface area (TPSA) is 29.1 Å². The van der Waals surface area contributed by atoms with Crippen LogP contribution in [0.15, 0.2) is 12.2 Å². The quantitative estimate of drug-likeness (QED) is 0.637. The van der Waals surface area contributed by atoms with Crippen LogP contribution in [-0.4, -0.2) is 11.9 Å². The molecular formula is C10H17NO. The number of amides is 1. The van der Waals surface area contributed by atoms with Crippen LogP contribution in [0, 0.1) is 11.8 Å². The molecule has 0 saturated heterocycles. The Hall–Kier alpha value is -0.790. The van der Waals surface area contributed by atoms with Gasteiger partial charge in [0.2, 0.25) is 5.91 Å². The van der Waals surface area contributed by atoms with E-state index in [4.69, 9.17) is 0 Å². The van der Waals surface area contributed by atoms with Gasteiger partial charge in [-0.1, -0.05) is 26.8 Å². The van der Waals surface area contributed by atoms with E-state index >= 15 is 0 Å². The highest BCUT2D eigenvalue weighted by molar-refractivity contribution is 5.87. The molecule has 2 heteroatoms. The number of carbonyl (C=O) groups excluding carboxylic acids is 1. The maximum absolute atomic E-state index is 11.1. The molecule has 1 saturated carbocycles. The van der Waals surface area contributed by atoms with E-state index in [1.54, 1.807) is 6.08 Å². The predicted molar refractivity (Wildman–Crippen MR) is 49.7 cm³/mol. The SMILES string of the molecule is CC(C)/C=C/C(=O)N[C@@H]1C[C@H]1C. The van der Waals surface area contributed by atoms with Crippen LogP contribution >= 0.6 is 0 Å². The Morgan fingerprint density at radius 2 is 2.17 bits per heavy atom. The third kappa shape index (κ3) is 3.07. The van der Waals surface area contributed by atoms with Crippen LogP contribution in [0.2, 0.25) is 0 Å². The fourth-order valence-corrected chi connectivity index (χ4v) is 1.03. The fraction of sp³-hybridized carbons (Fsp3) is 0.700. The normalized spacial score (nSPS) is 28.0. The van der Waals surface area contributed by atoms with Gasteiger partial charge in [-0.2, -0.15) is 0 Å². The first-order chi connectivity index (χ1) is 5.59. The Kier molecular flexibility index (Phi) is 2.90. The standard InChI is InChI=1S/C10H17NO/c1-7(2)4-5-10(12)11-9-6-8(9)3/h4-5,7-9H,6H2,1-3H3,(H,11,12)/b5-4+/t8-,9-/m1/s1. The minimum atomic E-state index is 0.0538. The van der Waals surface area contributed by atoms with Crippen molar-refractivity contribution in [2.75, 3.05) is 0 Å². The lowest BCUT2D eigenvalue weighted by Gasteiger charge is -1.98. The van der Waals surface area contributed by atoms with Crippen LogP contribution in [0.3, 0.4) is 0 Å². The van der Waals surface area contributed by atoms with E-state index in [0.29, 0.717) is 17.9 Å². The Morgan fingerprint density at radius 3 is 2.58 bits per heavy atom. The van der Waals surface area contributed by atoms with Crippen molar-refractivity contribution in [2.45, 2.75) is 33.2 Å². The Morgan fingerprint density at radius 1 is 1.58 bits per heavy atom. The summed E-state index contributed by atoms with van der Waals surface area (Å²) in [5, 5.41) is 2.93. The predicted octanol–water partition coefficient (Wildman–Crippen LogP) is 1.72. The summed E-state index contributed by atoms with van der Waals surface area (Å²) < 4.78 is 0. The Labute approximate surface area is 74.0 Å². The van der Waals surface area contributed by atoms with E-state index < -0.39 is 0 Å². The molecule has 0 aromatic heterocycles. The third-order valence-electron chi connectivity index (χ3n) is 2.07. The second-order valence-electron chi connectivity index (χ2n) is 3.93. The Bertz CT molecular complexity index is 196. The van der Waals surface area contributed by atoms with Gasteiger partial charge in [-0.05, 0) is 24.3 Å². The molecule has 1 N–H and O–H groups in total. The summed E-state index contributed by atoms with van der Waals surface area (Å²) in [4.78, 5) is 11.1. The lowest BCUT2D eigenvalue weighted by Crippen LogP contribution is -2.24. The second kappa shape index (κ2) is 3.74. The smallest absolute Gasteiger partial charge is 0.243 e. The lowest BCUT2D eigenvalue weighted by molar-refractivity contribution is -0.116. The van der Waals surface area contributed by atoms with Crippen LogP contribution in [0.1, 0.15) is 27.2 Å². The van der Waals surface area contributed by atoms with Gasteiger partial charge in [-0.3, -0.25) is 4.79 Å². The van der Waals surface area contributed by atoms with E-state index in [-0.39, 0.29) is 5.91 Å². The van der Waals surface area contributed by atoms with E-state index in [2.05, 4.69) is 26.1 Å². The van der Waals surface area contributed by atoms with Crippen LogP contribution in [0.25, 0.3) is 0 Å². The Balaban J connectivity index is 2.20. The molecule has 1 rings (SSSR count). The highest BCUT2D eigenvalue weighted by Crippen LogP contribution is 2.28. The van der Waals surface area contributed by atoms with Crippen molar-refractivity contribution in [1.29, 1.82) is 0 Å². The van der Waals surface area contributed by atoms with Crippen LogP contribution in [0.4, 0.5) is 0 Å². The molecule has 1 amide bonds. The maximum Gasteiger partial charge on any atom is 0.243 e. The molecule has 1 aliphatic rings. The number of nitrogens with one attached hydrogen (secondary N) is 1. The molecule has 1 fully saturated rings. The maximum atomic E-state index is 11.1. The van der Waals surface area contributed by atoms with Crippen LogP contribution < -0.4 is 5.32 Å². The van der Waals surface area contributed by atoms with Gasteiger partial charge in [0.1, 0.15) is 0 Å². The van der Waals surface area contributed by atoms with Gasteiger partial charge in [-0.25, -0.2) is 0 Å². The summed E-state index contributed by atoms with van der Waals surface area (Å²) in [5.74, 6) is 1.19. The summed E-state index contributed by atoms with van der Waals surface area (Å²) >= 11 is 0. The van der Waals surface area contributed by atoms with Gasteiger partial charge < -0.3 is 5.32 Å². The summed E-state index contributed by atoms with van der Waals surface area (Å²) in [7, 11) is 0. The number of rotatable bonds is 3. The van der Waals surface area contributed by atoms with Crippen LogP contribution in [0.5, 0.6) is 0 Å². The summed E-state index contributed by atoms with van der Waals surface area (Å²) in [6.07, 6.45) is 4.69. The average Bonchev–Trinajstić information content (AvgIpc) is 2.62. The molecule has 68 valence electrons. The molecule has 0 aromatic rings. The molecule has 12 heavy (non-hydrogen) atoms. The molecule has 0 bridgehead atoms. The van der Waals surface area contributed by atoms with E-state index in [1.165, 1.54) is 0 Å². The van der Waals surface area contributed by atoms with Crippen LogP contribution in [-0.2, 0) is 4.79 Å². The number of hydrogen-bond donors (Lipinski definition) is 1. The fourth-order valence-electron chi connectivity index (χ4n) is 1.03. The van der Waals surface area contributed by atoms with E-state index in [1.807, 2.05) is 6.08 Å². The first-order valence-electron chi connectivity index (χ1n) is 4.58. The highest BCUT2D eigenvalue weighted by Gasteiger charge is 2.33. The van der Waals surface area contributed by atoms with Crippen molar-refractivity contribution in [3.8, 4) is 0 Å². The zero-order valence-corrected chi connectivity index (χ0v) is 8.00. The molecule has 0 radical (unpaired) electrons. The number of allylic oxidation sites excluding steroid dienone is 1. The monoisotopic (exact) mass is 167 g/mol. The molecule has 0 aromatic carbocycles. The molecule has 2 atom stereocenters. The average molecular weight is 167 g/mol. The van der Waals surface area contributed by atoms with Crippen molar-refractivity contribution >= 4 is 5.91 Å². The highest BCUT2D eigenvalue weighted by atomic mass is 16.1. The van der Waals surface area contributed by atoms with Gasteiger partial charge in [0.05, 0.1) is 0 Å². The van der Waals surface area contributed by atoms with Gasteiger partial charge in [-0.15, -0.1) is 0 Å². The lowest BCUT2D eigenvalue weighted by atomic mass is 10.2. The molecule has 1 aliphatic carbocycles. The summed E-state index contributed by atoms with van der Waals surface area (Å²) in [5.41, 5.74) is 0. The third-order valence-corrected chi connectivity index (χ3v) is 2.07. The van der Waals surface area contributed by atoms with Crippen molar-refractivity contribution in [3.63, 3.8) is 0 Å². The molecule has 2 nitrogen and oxygen atoms in total. The van der Waals surface area contributed by atoms with Gasteiger partial charge in [0.15, 0.2) is 0 Å². The minimum absolute atomic E-state index is 0.0538. The molecular weight excluding hydrogens is 150 g/mol. The van der Waals surface area contributed by atoms with Gasteiger partial charge >= 0.3 is 0 Å². The first kappa shape index (κ1) is 9.30. The van der Waals surface area contributed by atoms with Crippen molar-refractivity contribution < 1.29 is 4.79 Å².